The molecule has 0 saturated carbocycles. The Hall–Kier alpha value is -3.53. The molecule has 3 heterocycles. The highest BCUT2D eigenvalue weighted by Gasteiger charge is 2.42. The van der Waals surface area contributed by atoms with Gasteiger partial charge in [0.2, 0.25) is 0 Å². The molecule has 1 fully saturated rings. The molecule has 5 rings (SSSR count). The van der Waals surface area contributed by atoms with Crippen LogP contribution in [0.4, 0.5) is 0 Å². The van der Waals surface area contributed by atoms with Crippen LogP contribution in [0.25, 0.3) is 22.0 Å². The van der Waals surface area contributed by atoms with Gasteiger partial charge < -0.3 is 14.9 Å². The molecule has 0 spiro atoms. The number of hydrogen-bond acceptors (Lipinski definition) is 8. The van der Waals surface area contributed by atoms with Crippen molar-refractivity contribution in [2.24, 2.45) is 5.92 Å². The maximum Gasteiger partial charge on any atom is 0.277 e. The van der Waals surface area contributed by atoms with Gasteiger partial charge in [0.15, 0.2) is 6.29 Å². The minimum Gasteiger partial charge on any atom is -0.387 e. The van der Waals surface area contributed by atoms with Crippen LogP contribution in [0.3, 0.4) is 0 Å². The van der Waals surface area contributed by atoms with Crippen LogP contribution < -0.4 is 5.56 Å². The number of nitrogens with zero attached hydrogens (tertiary/aromatic N) is 5. The van der Waals surface area contributed by atoms with Gasteiger partial charge in [-0.2, -0.15) is 0 Å². The van der Waals surface area contributed by atoms with Gasteiger partial charge in [-0.05, 0) is 42.5 Å². The van der Waals surface area contributed by atoms with Crippen molar-refractivity contribution < 1.29 is 14.9 Å². The topological polar surface area (TPSA) is 123 Å². The van der Waals surface area contributed by atoms with Crippen LogP contribution in [-0.4, -0.2) is 53.7 Å². The maximum atomic E-state index is 12.7. The molecule has 1 aliphatic rings. The molecule has 2 aromatic carbocycles. The second kappa shape index (κ2) is 9.76. The predicted octanol–water partition coefficient (Wildman–Crippen LogP) is 1.97. The Bertz CT molecular complexity index is 1310. The largest absolute Gasteiger partial charge is 0.387 e. The van der Waals surface area contributed by atoms with Gasteiger partial charge in [0.1, 0.15) is 17.9 Å². The summed E-state index contributed by atoms with van der Waals surface area (Å²) in [7, 11) is 0. The highest BCUT2D eigenvalue weighted by molar-refractivity contribution is 5.76. The molecule has 0 bridgehead atoms. The number of aryl methyl sites for hydroxylation is 2. The summed E-state index contributed by atoms with van der Waals surface area (Å²) in [4.78, 5) is 20.8. The molecule has 4 atom stereocenters. The van der Waals surface area contributed by atoms with E-state index in [0.29, 0.717) is 23.7 Å². The molecule has 2 N–H and O–H groups in total. The molecule has 0 aliphatic carbocycles. The van der Waals surface area contributed by atoms with E-state index < -0.39 is 12.4 Å². The summed E-state index contributed by atoms with van der Waals surface area (Å²) in [6, 6.07) is 15.2. The Kier molecular flexibility index (Phi) is 6.39. The van der Waals surface area contributed by atoms with Crippen molar-refractivity contribution in [2.75, 3.05) is 0 Å². The van der Waals surface area contributed by atoms with Crippen LogP contribution in [0.1, 0.15) is 18.4 Å². The van der Waals surface area contributed by atoms with Gasteiger partial charge in [-0.25, -0.2) is 14.6 Å². The molecule has 174 valence electrons. The van der Waals surface area contributed by atoms with Crippen LogP contribution in [0.5, 0.6) is 0 Å². The van der Waals surface area contributed by atoms with Crippen LogP contribution in [0.15, 0.2) is 72.0 Å². The average Bonchev–Trinajstić information content (AvgIpc) is 3.15. The standard InChI is InChI=1S/C25H25N5O4/c31-23-20(11-12-30-24(32)19-3-1-2-4-21(19)28-29-30)22(34-25(23)33)10-7-16-5-8-17(9-6-16)18-13-26-15-27-14-18/h1-6,8-9,13-15,20,22-23,25,31,33H,7,10-12H2/t20-,22+,23-,25+/m0/s1. The summed E-state index contributed by atoms with van der Waals surface area (Å²) in [6.07, 6.45) is 4.23. The van der Waals surface area contributed by atoms with Crippen molar-refractivity contribution in [3.05, 3.63) is 83.2 Å². The second-order valence-electron chi connectivity index (χ2n) is 8.51. The molecule has 34 heavy (non-hydrogen) atoms. The lowest BCUT2D eigenvalue weighted by Crippen LogP contribution is -2.31. The van der Waals surface area contributed by atoms with Gasteiger partial charge >= 0.3 is 0 Å². The molecular weight excluding hydrogens is 434 g/mol. The third-order valence-electron chi connectivity index (χ3n) is 6.39. The zero-order chi connectivity index (χ0) is 23.5. The lowest BCUT2D eigenvalue weighted by Gasteiger charge is -2.20. The van der Waals surface area contributed by atoms with Crippen LogP contribution >= 0.6 is 0 Å². The van der Waals surface area contributed by atoms with E-state index in [4.69, 9.17) is 4.74 Å². The smallest absolute Gasteiger partial charge is 0.277 e. The van der Waals surface area contributed by atoms with Gasteiger partial charge in [0.25, 0.3) is 5.56 Å². The van der Waals surface area contributed by atoms with E-state index >= 15 is 0 Å². The number of aliphatic hydroxyl groups excluding tert-OH is 2. The third kappa shape index (κ3) is 4.58. The summed E-state index contributed by atoms with van der Waals surface area (Å²) in [5.41, 5.74) is 3.43. The number of aromatic nitrogens is 5. The summed E-state index contributed by atoms with van der Waals surface area (Å²) < 4.78 is 6.96. The lowest BCUT2D eigenvalue weighted by molar-refractivity contribution is -0.127. The molecule has 1 saturated heterocycles. The molecule has 0 amide bonds. The molecule has 9 heteroatoms. The van der Waals surface area contributed by atoms with E-state index in [2.05, 4.69) is 20.3 Å². The van der Waals surface area contributed by atoms with Crippen molar-refractivity contribution in [2.45, 2.75) is 44.3 Å². The van der Waals surface area contributed by atoms with E-state index in [-0.39, 0.29) is 24.1 Å². The molecule has 4 aromatic rings. The van der Waals surface area contributed by atoms with E-state index in [9.17, 15) is 15.0 Å². The fourth-order valence-electron chi connectivity index (χ4n) is 4.49. The van der Waals surface area contributed by atoms with Crippen molar-refractivity contribution >= 4 is 10.9 Å². The zero-order valence-corrected chi connectivity index (χ0v) is 18.4. The first-order chi connectivity index (χ1) is 16.6. The Morgan fingerprint density at radius 1 is 0.941 bits per heavy atom. The average molecular weight is 460 g/mol. The van der Waals surface area contributed by atoms with Gasteiger partial charge in [-0.3, -0.25) is 4.79 Å². The summed E-state index contributed by atoms with van der Waals surface area (Å²) >= 11 is 0. The number of fused-ring (bicyclic) bond motifs is 1. The number of rotatable bonds is 7. The normalized spacial score (nSPS) is 22.3. The highest BCUT2D eigenvalue weighted by Crippen LogP contribution is 2.32. The minimum atomic E-state index is -1.24. The predicted molar refractivity (Wildman–Crippen MR) is 125 cm³/mol. The van der Waals surface area contributed by atoms with Crippen molar-refractivity contribution in [3.8, 4) is 11.1 Å². The van der Waals surface area contributed by atoms with Crippen LogP contribution in [0, 0.1) is 5.92 Å². The summed E-state index contributed by atoms with van der Waals surface area (Å²) in [6.45, 7) is 0.277. The fourth-order valence-corrected chi connectivity index (χ4v) is 4.49. The van der Waals surface area contributed by atoms with Crippen molar-refractivity contribution in [1.29, 1.82) is 0 Å². The van der Waals surface area contributed by atoms with E-state index in [1.807, 2.05) is 30.3 Å². The van der Waals surface area contributed by atoms with E-state index in [1.54, 1.807) is 30.6 Å². The monoisotopic (exact) mass is 459 g/mol. The highest BCUT2D eigenvalue weighted by atomic mass is 16.6. The Labute approximate surface area is 195 Å². The van der Waals surface area contributed by atoms with Gasteiger partial charge in [-0.15, -0.1) is 5.10 Å². The number of aliphatic hydroxyl groups is 2. The van der Waals surface area contributed by atoms with Crippen LogP contribution in [-0.2, 0) is 17.7 Å². The number of ether oxygens (including phenoxy) is 1. The first-order valence-electron chi connectivity index (χ1n) is 11.3. The fraction of sp³-hybridized carbons (Fsp3) is 0.320. The van der Waals surface area contributed by atoms with Gasteiger partial charge in [0, 0.05) is 30.4 Å². The summed E-state index contributed by atoms with van der Waals surface area (Å²) in [5, 5.41) is 29.2. The molecule has 2 aromatic heterocycles. The lowest BCUT2D eigenvalue weighted by atomic mass is 9.90. The second-order valence-corrected chi connectivity index (χ2v) is 8.51. The summed E-state index contributed by atoms with van der Waals surface area (Å²) in [5.74, 6) is -0.323. The van der Waals surface area contributed by atoms with Gasteiger partial charge in [-0.1, -0.05) is 41.6 Å². The van der Waals surface area contributed by atoms with Crippen LogP contribution in [0.2, 0.25) is 0 Å². The molecule has 0 radical (unpaired) electrons. The Morgan fingerprint density at radius 3 is 2.50 bits per heavy atom. The Balaban J connectivity index is 1.24. The van der Waals surface area contributed by atoms with Gasteiger partial charge in [0.05, 0.1) is 11.5 Å². The molecular formula is C25H25N5O4. The van der Waals surface area contributed by atoms with Crippen molar-refractivity contribution in [1.82, 2.24) is 25.0 Å². The number of benzene rings is 2. The quantitative estimate of drug-likeness (QED) is 0.430. The molecule has 0 unspecified atom stereocenters. The maximum absolute atomic E-state index is 12.7. The van der Waals surface area contributed by atoms with E-state index in [1.165, 1.54) is 11.0 Å². The molecule has 1 aliphatic heterocycles. The first kappa shape index (κ1) is 22.3. The molecule has 9 nitrogen and oxygen atoms in total. The zero-order valence-electron chi connectivity index (χ0n) is 18.4. The minimum absolute atomic E-state index is 0.222. The first-order valence-corrected chi connectivity index (χ1v) is 11.3. The van der Waals surface area contributed by atoms with Crippen molar-refractivity contribution in [3.63, 3.8) is 0 Å². The Morgan fingerprint density at radius 2 is 1.71 bits per heavy atom. The SMILES string of the molecule is O=c1c2ccccc2nnn1CC[C@@H]1[C@H](O)[C@H](O)O[C@@H]1CCc1ccc(-c2cncnc2)cc1. The number of hydrogen-bond donors (Lipinski definition) is 2. The third-order valence-corrected chi connectivity index (χ3v) is 6.39. The van der Waals surface area contributed by atoms with E-state index in [0.717, 1.165) is 23.1 Å².